The highest BCUT2D eigenvalue weighted by molar-refractivity contribution is 7.14. The highest BCUT2D eigenvalue weighted by Crippen LogP contribution is 2.36. The van der Waals surface area contributed by atoms with Crippen LogP contribution in [0.25, 0.3) is 11.3 Å². The number of anilines is 1. The van der Waals surface area contributed by atoms with Crippen LogP contribution < -0.4 is 5.01 Å². The molecule has 1 fully saturated rings. The molecule has 3 aromatic rings. The number of aromatic carboxylic acids is 1. The smallest absolute Gasteiger partial charge is 0.336 e. The highest BCUT2D eigenvalue weighted by Gasteiger charge is 2.31. The van der Waals surface area contributed by atoms with Crippen LogP contribution in [-0.4, -0.2) is 28.3 Å². The molecule has 0 spiro atoms. The van der Waals surface area contributed by atoms with Gasteiger partial charge >= 0.3 is 5.97 Å². The van der Waals surface area contributed by atoms with Gasteiger partial charge < -0.3 is 5.11 Å². The number of halogens is 2. The van der Waals surface area contributed by atoms with Gasteiger partial charge in [-0.25, -0.2) is 19.2 Å². The second kappa shape index (κ2) is 7.69. The van der Waals surface area contributed by atoms with Gasteiger partial charge in [-0.15, -0.1) is 11.3 Å². The van der Waals surface area contributed by atoms with Crippen molar-refractivity contribution in [2.75, 3.05) is 5.01 Å². The van der Waals surface area contributed by atoms with E-state index in [1.165, 1.54) is 29.7 Å². The first kappa shape index (κ1) is 18.6. The summed E-state index contributed by atoms with van der Waals surface area (Å²) >= 11 is 7.40. The van der Waals surface area contributed by atoms with Crippen LogP contribution in [0.4, 0.5) is 9.52 Å². The molecule has 0 aliphatic heterocycles. The number of carboxylic acid groups (broad SMARTS) is 1. The summed E-state index contributed by atoms with van der Waals surface area (Å²) in [4.78, 5) is 16.0. The number of nitrogens with zero attached hydrogens (tertiary/aromatic N) is 3. The van der Waals surface area contributed by atoms with E-state index in [0.29, 0.717) is 10.6 Å². The molecule has 0 bridgehead atoms. The van der Waals surface area contributed by atoms with Gasteiger partial charge in [-0.1, -0.05) is 23.7 Å². The number of hydrogen-bond acceptors (Lipinski definition) is 5. The molecule has 28 heavy (non-hydrogen) atoms. The summed E-state index contributed by atoms with van der Waals surface area (Å²) in [6.45, 7) is 0. The number of carboxylic acids is 1. The molecule has 0 saturated heterocycles. The van der Waals surface area contributed by atoms with Crippen molar-refractivity contribution in [1.29, 1.82) is 0 Å². The Kier molecular flexibility index (Phi) is 5.11. The van der Waals surface area contributed by atoms with E-state index in [9.17, 15) is 14.3 Å². The summed E-state index contributed by atoms with van der Waals surface area (Å²) < 4.78 is 13.4. The maximum atomic E-state index is 13.4. The summed E-state index contributed by atoms with van der Waals surface area (Å²) in [5.41, 5.74) is 2.00. The van der Waals surface area contributed by atoms with Gasteiger partial charge in [0, 0.05) is 21.5 Å². The third-order valence-electron chi connectivity index (χ3n) is 4.29. The third kappa shape index (κ3) is 4.05. The van der Waals surface area contributed by atoms with Gasteiger partial charge in [0.15, 0.2) is 0 Å². The second-order valence-corrected chi connectivity index (χ2v) is 7.65. The Bertz CT molecular complexity index is 1050. The molecule has 1 saturated carbocycles. The molecule has 5 nitrogen and oxygen atoms in total. The van der Waals surface area contributed by atoms with E-state index < -0.39 is 11.8 Å². The van der Waals surface area contributed by atoms with Crippen molar-refractivity contribution in [3.05, 3.63) is 69.8 Å². The molecular weight excluding hydrogens is 401 g/mol. The fraction of sp³-hybridized carbons (Fsp3) is 0.150. The van der Waals surface area contributed by atoms with E-state index in [0.717, 1.165) is 35.3 Å². The molecule has 0 amide bonds. The molecule has 1 aliphatic rings. The number of hydrogen-bond donors (Lipinski definition) is 1. The first-order valence-electron chi connectivity index (χ1n) is 8.59. The Morgan fingerprint density at radius 3 is 2.71 bits per heavy atom. The van der Waals surface area contributed by atoms with Crippen LogP contribution in [0.2, 0.25) is 5.02 Å². The lowest BCUT2D eigenvalue weighted by Crippen LogP contribution is -2.19. The van der Waals surface area contributed by atoms with Gasteiger partial charge in [0.1, 0.15) is 5.82 Å². The summed E-state index contributed by atoms with van der Waals surface area (Å²) in [6.07, 6.45) is 3.43. The molecule has 142 valence electrons. The molecule has 0 atom stereocenters. The zero-order valence-corrected chi connectivity index (χ0v) is 16.1. The van der Waals surface area contributed by atoms with Crippen LogP contribution in [0.5, 0.6) is 0 Å². The monoisotopic (exact) mass is 415 g/mol. The van der Waals surface area contributed by atoms with E-state index in [1.807, 2.05) is 29.6 Å². The van der Waals surface area contributed by atoms with Crippen LogP contribution in [0.3, 0.4) is 0 Å². The summed E-state index contributed by atoms with van der Waals surface area (Å²) in [6, 6.07) is 11.3. The van der Waals surface area contributed by atoms with Gasteiger partial charge in [0.2, 0.25) is 5.13 Å². The van der Waals surface area contributed by atoms with Crippen LogP contribution in [0, 0.1) is 5.82 Å². The van der Waals surface area contributed by atoms with Crippen molar-refractivity contribution in [1.82, 2.24) is 4.98 Å². The van der Waals surface area contributed by atoms with Crippen molar-refractivity contribution in [3.63, 3.8) is 0 Å². The summed E-state index contributed by atoms with van der Waals surface area (Å²) in [5.74, 6) is -1.79. The quantitative estimate of drug-likeness (QED) is 0.438. The van der Waals surface area contributed by atoms with E-state index >= 15 is 0 Å². The maximum Gasteiger partial charge on any atom is 0.336 e. The largest absolute Gasteiger partial charge is 0.478 e. The zero-order chi connectivity index (χ0) is 19.7. The standard InChI is InChI=1S/C20H15ClFN3O2S/c21-14-4-1-12(2-5-14)18-11-28-20(24-18)25(16-7-8-16)23-10-13-3-6-15(22)9-17(13)19(26)27/h1-6,9-11,16H,7-8H2,(H,26,27). The number of carbonyl (C=O) groups is 1. The average Bonchev–Trinajstić information content (AvgIpc) is 3.40. The SMILES string of the molecule is O=C(O)c1cc(F)ccc1C=NN(c1nc(-c2ccc(Cl)cc2)cs1)C1CC1. The van der Waals surface area contributed by atoms with Gasteiger partial charge in [0.25, 0.3) is 0 Å². The summed E-state index contributed by atoms with van der Waals surface area (Å²) in [5, 5.41) is 18.9. The Hall–Kier alpha value is -2.77. The fourth-order valence-corrected chi connectivity index (χ4v) is 3.68. The molecule has 1 N–H and O–H groups in total. The highest BCUT2D eigenvalue weighted by atomic mass is 35.5. The first-order valence-corrected chi connectivity index (χ1v) is 9.84. The topological polar surface area (TPSA) is 65.8 Å². The minimum absolute atomic E-state index is 0.125. The molecule has 0 radical (unpaired) electrons. The van der Waals surface area contributed by atoms with Gasteiger partial charge in [-0.2, -0.15) is 5.10 Å². The fourth-order valence-electron chi connectivity index (χ4n) is 2.69. The molecule has 1 aliphatic carbocycles. The second-order valence-electron chi connectivity index (χ2n) is 6.38. The maximum absolute atomic E-state index is 13.4. The Morgan fingerprint density at radius 1 is 1.29 bits per heavy atom. The van der Waals surface area contributed by atoms with Crippen molar-refractivity contribution in [2.24, 2.45) is 5.10 Å². The average molecular weight is 416 g/mol. The Labute approximate surface area is 169 Å². The van der Waals surface area contributed by atoms with Crippen molar-refractivity contribution in [2.45, 2.75) is 18.9 Å². The minimum Gasteiger partial charge on any atom is -0.478 e. The van der Waals surface area contributed by atoms with Crippen molar-refractivity contribution in [3.8, 4) is 11.3 Å². The number of benzene rings is 2. The molecule has 1 aromatic heterocycles. The normalized spacial score (nSPS) is 13.8. The van der Waals surface area contributed by atoms with E-state index in [1.54, 1.807) is 5.01 Å². The molecule has 1 heterocycles. The lowest BCUT2D eigenvalue weighted by Gasteiger charge is -2.14. The lowest BCUT2D eigenvalue weighted by molar-refractivity contribution is 0.0696. The van der Waals surface area contributed by atoms with E-state index in [2.05, 4.69) is 10.1 Å². The third-order valence-corrected chi connectivity index (χ3v) is 5.37. The molecule has 2 aromatic carbocycles. The number of thiazole rings is 1. The van der Waals surface area contributed by atoms with Crippen molar-refractivity contribution < 1.29 is 14.3 Å². The molecule has 0 unspecified atom stereocenters. The van der Waals surface area contributed by atoms with Crippen molar-refractivity contribution >= 4 is 40.3 Å². The van der Waals surface area contributed by atoms with E-state index in [-0.39, 0.29) is 11.6 Å². The van der Waals surface area contributed by atoms with Crippen LogP contribution >= 0.6 is 22.9 Å². The van der Waals surface area contributed by atoms with Crippen LogP contribution in [0.1, 0.15) is 28.8 Å². The Morgan fingerprint density at radius 2 is 2.04 bits per heavy atom. The zero-order valence-electron chi connectivity index (χ0n) is 14.5. The van der Waals surface area contributed by atoms with Crippen LogP contribution in [-0.2, 0) is 0 Å². The molecule has 4 rings (SSSR count). The van der Waals surface area contributed by atoms with Gasteiger partial charge in [-0.3, -0.25) is 0 Å². The summed E-state index contributed by atoms with van der Waals surface area (Å²) in [7, 11) is 0. The molecular formula is C20H15ClFN3O2S. The Balaban J connectivity index is 1.62. The first-order chi connectivity index (χ1) is 13.5. The molecule has 8 heteroatoms. The predicted molar refractivity (Wildman–Crippen MR) is 109 cm³/mol. The number of rotatable bonds is 6. The predicted octanol–water partition coefficient (Wildman–Crippen LogP) is 5.30. The van der Waals surface area contributed by atoms with Crippen LogP contribution in [0.15, 0.2) is 52.9 Å². The number of aromatic nitrogens is 1. The van der Waals surface area contributed by atoms with Gasteiger partial charge in [-0.05, 0) is 43.2 Å². The van der Waals surface area contributed by atoms with E-state index in [4.69, 9.17) is 11.6 Å². The number of hydrazone groups is 1. The minimum atomic E-state index is -1.20. The lowest BCUT2D eigenvalue weighted by atomic mass is 10.1. The van der Waals surface area contributed by atoms with Gasteiger partial charge in [0.05, 0.1) is 23.5 Å².